The molecular weight excluding hydrogens is 534 g/mol. The van der Waals surface area contributed by atoms with Crippen molar-refractivity contribution in [3.05, 3.63) is 115 Å². The molecule has 1 saturated heterocycles. The van der Waals surface area contributed by atoms with Gasteiger partial charge in [-0.2, -0.15) is 5.26 Å². The first-order chi connectivity index (χ1) is 21.2. The van der Waals surface area contributed by atoms with Crippen LogP contribution < -0.4 is 10.6 Å². The van der Waals surface area contributed by atoms with Gasteiger partial charge < -0.3 is 10.6 Å². The number of aromatic nitrogens is 5. The first kappa shape index (κ1) is 26.3. The van der Waals surface area contributed by atoms with Gasteiger partial charge in [-0.1, -0.05) is 42.5 Å². The number of nitrogens with two attached hydrogens (primary N) is 1. The fourth-order valence-electron chi connectivity index (χ4n) is 5.56. The van der Waals surface area contributed by atoms with Crippen molar-refractivity contribution in [2.24, 2.45) is 0 Å². The van der Waals surface area contributed by atoms with Crippen LogP contribution in [0.15, 0.2) is 103 Å². The fourth-order valence-corrected chi connectivity index (χ4v) is 5.56. The molecule has 9 heteroatoms. The molecule has 0 radical (unpaired) electrons. The minimum absolute atomic E-state index is 0.424. The quantitative estimate of drug-likeness (QED) is 0.290. The lowest BCUT2D eigenvalue weighted by Crippen LogP contribution is -2.46. The van der Waals surface area contributed by atoms with E-state index < -0.39 is 0 Å². The Bertz CT molecular complexity index is 1930. The van der Waals surface area contributed by atoms with Crippen LogP contribution in [0.4, 0.5) is 11.6 Å². The number of hydrogen-bond donors (Lipinski definition) is 1. The van der Waals surface area contributed by atoms with E-state index in [-0.39, 0.29) is 0 Å². The SMILES string of the molecule is N#Cc1ccnc(N2CCN(Cc3ccc(-n4c(-c5cccnc5N)nc5ccc(-c6ccccc6)nc54)cc3)CC2)c1. The molecule has 1 fully saturated rings. The Morgan fingerprint density at radius 1 is 0.791 bits per heavy atom. The van der Waals surface area contributed by atoms with Crippen LogP contribution in [0, 0.1) is 11.3 Å². The van der Waals surface area contributed by atoms with Crippen molar-refractivity contribution in [3.63, 3.8) is 0 Å². The van der Waals surface area contributed by atoms with Gasteiger partial charge in [-0.25, -0.2) is 19.9 Å². The van der Waals surface area contributed by atoms with Gasteiger partial charge in [0.2, 0.25) is 0 Å². The molecule has 1 aliphatic heterocycles. The van der Waals surface area contributed by atoms with Gasteiger partial charge in [-0.15, -0.1) is 0 Å². The van der Waals surface area contributed by atoms with Crippen molar-refractivity contribution in [1.29, 1.82) is 5.26 Å². The monoisotopic (exact) mass is 563 g/mol. The zero-order valence-corrected chi connectivity index (χ0v) is 23.5. The zero-order valence-electron chi connectivity index (χ0n) is 23.5. The molecule has 0 aliphatic carbocycles. The maximum Gasteiger partial charge on any atom is 0.165 e. The fraction of sp³-hybridized carbons (Fsp3) is 0.147. The van der Waals surface area contributed by atoms with Gasteiger partial charge in [0.15, 0.2) is 11.5 Å². The van der Waals surface area contributed by atoms with Crippen LogP contribution >= 0.6 is 0 Å². The number of imidazole rings is 1. The van der Waals surface area contributed by atoms with E-state index in [1.165, 1.54) is 5.56 Å². The van der Waals surface area contributed by atoms with Crippen LogP contribution in [0.25, 0.3) is 39.5 Å². The molecule has 0 spiro atoms. The second-order valence-electron chi connectivity index (χ2n) is 10.6. The number of benzene rings is 2. The summed E-state index contributed by atoms with van der Waals surface area (Å²) in [7, 11) is 0. The molecule has 9 nitrogen and oxygen atoms in total. The lowest BCUT2D eigenvalue weighted by Gasteiger charge is -2.35. The van der Waals surface area contributed by atoms with Crippen molar-refractivity contribution in [3.8, 4) is 34.4 Å². The Balaban J connectivity index is 1.17. The van der Waals surface area contributed by atoms with Crippen molar-refractivity contribution >= 4 is 22.8 Å². The number of pyridine rings is 3. The van der Waals surface area contributed by atoms with Crippen molar-refractivity contribution in [1.82, 2.24) is 29.4 Å². The second-order valence-corrected chi connectivity index (χ2v) is 10.6. The molecule has 43 heavy (non-hydrogen) atoms. The number of fused-ring (bicyclic) bond motifs is 1. The highest BCUT2D eigenvalue weighted by Gasteiger charge is 2.20. The van der Waals surface area contributed by atoms with Crippen molar-refractivity contribution in [2.45, 2.75) is 6.54 Å². The summed E-state index contributed by atoms with van der Waals surface area (Å²) in [6.07, 6.45) is 3.39. The van der Waals surface area contributed by atoms with Gasteiger partial charge in [-0.05, 0) is 54.1 Å². The van der Waals surface area contributed by atoms with Crippen molar-refractivity contribution in [2.75, 3.05) is 36.8 Å². The molecule has 0 saturated carbocycles. The van der Waals surface area contributed by atoms with Crippen LogP contribution in [-0.4, -0.2) is 55.6 Å². The number of anilines is 2. The third-order valence-electron chi connectivity index (χ3n) is 7.83. The molecule has 7 rings (SSSR count). The Hall–Kier alpha value is -5.59. The van der Waals surface area contributed by atoms with E-state index in [9.17, 15) is 5.26 Å². The minimum Gasteiger partial charge on any atom is -0.383 e. The Morgan fingerprint density at radius 3 is 2.37 bits per heavy atom. The summed E-state index contributed by atoms with van der Waals surface area (Å²) in [5.41, 5.74) is 13.4. The first-order valence-corrected chi connectivity index (χ1v) is 14.2. The topological polar surface area (TPSA) is 113 Å². The molecular formula is C34H29N9. The molecule has 0 unspecified atom stereocenters. The molecule has 2 aromatic carbocycles. The second kappa shape index (κ2) is 11.4. The third-order valence-corrected chi connectivity index (χ3v) is 7.83. The molecule has 0 amide bonds. The van der Waals surface area contributed by atoms with Crippen LogP contribution in [0.2, 0.25) is 0 Å². The summed E-state index contributed by atoms with van der Waals surface area (Å²) in [6.45, 7) is 4.42. The number of hydrogen-bond acceptors (Lipinski definition) is 8. The summed E-state index contributed by atoms with van der Waals surface area (Å²) in [4.78, 5) is 23.5. The molecule has 5 heterocycles. The average Bonchev–Trinajstić information content (AvgIpc) is 3.44. The standard InChI is InChI=1S/C34H29N9/c35-22-25-14-16-37-31(21-25)42-19-17-41(18-20-42)23-24-8-10-27(11-9-24)43-33(28-7-4-15-38-32(28)36)40-30-13-12-29(39-34(30)43)26-5-2-1-3-6-26/h1-16,21H,17-20,23H2,(H2,36,38). The summed E-state index contributed by atoms with van der Waals surface area (Å²) in [5, 5.41) is 9.22. The van der Waals surface area contributed by atoms with Gasteiger partial charge in [0, 0.05) is 56.4 Å². The predicted molar refractivity (Wildman–Crippen MR) is 168 cm³/mol. The molecule has 0 bridgehead atoms. The summed E-state index contributed by atoms with van der Waals surface area (Å²) in [5.74, 6) is 1.99. The number of nitrogens with zero attached hydrogens (tertiary/aromatic N) is 8. The van der Waals surface area contributed by atoms with Gasteiger partial charge in [0.1, 0.15) is 17.2 Å². The average molecular weight is 564 g/mol. The first-order valence-electron chi connectivity index (χ1n) is 14.2. The van der Waals surface area contributed by atoms with E-state index in [1.54, 1.807) is 18.5 Å². The third kappa shape index (κ3) is 5.27. The van der Waals surface area contributed by atoms with E-state index in [0.29, 0.717) is 17.2 Å². The van der Waals surface area contributed by atoms with E-state index in [2.05, 4.69) is 66.8 Å². The van der Waals surface area contributed by atoms with Gasteiger partial charge in [-0.3, -0.25) is 9.47 Å². The van der Waals surface area contributed by atoms with Crippen LogP contribution in [0.5, 0.6) is 0 Å². The van der Waals surface area contributed by atoms with Crippen LogP contribution in [-0.2, 0) is 6.54 Å². The highest BCUT2D eigenvalue weighted by atomic mass is 15.3. The molecule has 6 aromatic rings. The maximum atomic E-state index is 9.22. The normalized spacial score (nSPS) is 13.7. The number of nitriles is 1. The largest absolute Gasteiger partial charge is 0.383 e. The number of rotatable bonds is 6. The van der Waals surface area contributed by atoms with Gasteiger partial charge in [0.05, 0.1) is 22.9 Å². The smallest absolute Gasteiger partial charge is 0.165 e. The van der Waals surface area contributed by atoms with Crippen LogP contribution in [0.1, 0.15) is 11.1 Å². The van der Waals surface area contributed by atoms with E-state index in [4.69, 9.17) is 15.7 Å². The van der Waals surface area contributed by atoms with Crippen LogP contribution in [0.3, 0.4) is 0 Å². The molecule has 2 N–H and O–H groups in total. The summed E-state index contributed by atoms with van der Waals surface area (Å²) in [6, 6.07) is 32.4. The van der Waals surface area contributed by atoms with Gasteiger partial charge >= 0.3 is 0 Å². The molecule has 1 aliphatic rings. The van der Waals surface area contributed by atoms with Crippen molar-refractivity contribution < 1.29 is 0 Å². The Kier molecular flexibility index (Phi) is 6.95. The van der Waals surface area contributed by atoms with E-state index >= 15 is 0 Å². The van der Waals surface area contributed by atoms with Gasteiger partial charge in [0.25, 0.3) is 0 Å². The zero-order chi connectivity index (χ0) is 29.2. The number of nitrogen functional groups attached to an aromatic ring is 1. The van der Waals surface area contributed by atoms with E-state index in [0.717, 1.165) is 72.2 Å². The lowest BCUT2D eigenvalue weighted by atomic mass is 10.1. The highest BCUT2D eigenvalue weighted by Crippen LogP contribution is 2.32. The Morgan fingerprint density at radius 2 is 1.60 bits per heavy atom. The summed E-state index contributed by atoms with van der Waals surface area (Å²) < 4.78 is 2.07. The predicted octanol–water partition coefficient (Wildman–Crippen LogP) is 5.32. The lowest BCUT2D eigenvalue weighted by molar-refractivity contribution is 0.249. The summed E-state index contributed by atoms with van der Waals surface area (Å²) >= 11 is 0. The maximum absolute atomic E-state index is 9.22. The molecule has 4 aromatic heterocycles. The van der Waals surface area contributed by atoms with E-state index in [1.807, 2.05) is 48.5 Å². The minimum atomic E-state index is 0.424. The molecule has 210 valence electrons. The highest BCUT2D eigenvalue weighted by molar-refractivity contribution is 5.84. The number of piperazine rings is 1. The Labute approximate surface area is 249 Å². The molecule has 0 atom stereocenters.